The fourth-order valence-corrected chi connectivity index (χ4v) is 1.84. The maximum absolute atomic E-state index is 11.6. The van der Waals surface area contributed by atoms with Gasteiger partial charge in [-0.2, -0.15) is 0 Å². The molecular formula is C11H15NO2S. The summed E-state index contributed by atoms with van der Waals surface area (Å²) in [5, 5.41) is 8.76. The molecule has 0 heterocycles. The fraction of sp³-hybridized carbons (Fsp3) is 0.364. The van der Waals surface area contributed by atoms with Gasteiger partial charge in [-0.15, -0.1) is 11.8 Å². The number of hydrogen-bond donors (Lipinski definition) is 2. The third kappa shape index (κ3) is 3.34. The van der Waals surface area contributed by atoms with Crippen molar-refractivity contribution in [3.05, 3.63) is 29.8 Å². The Morgan fingerprint density at radius 2 is 2.07 bits per heavy atom. The lowest BCUT2D eigenvalue weighted by Crippen LogP contribution is -2.33. The number of carbonyl (C=O) groups is 1. The number of ketones is 1. The summed E-state index contributed by atoms with van der Waals surface area (Å²) in [4.78, 5) is 12.7. The molecule has 4 heteroatoms. The van der Waals surface area contributed by atoms with Gasteiger partial charge in [0, 0.05) is 10.5 Å². The molecule has 0 aliphatic carbocycles. The van der Waals surface area contributed by atoms with Crippen molar-refractivity contribution in [2.75, 3.05) is 12.4 Å². The first-order chi connectivity index (χ1) is 7.19. The number of nitrogens with two attached hydrogens (primary N) is 1. The molecule has 3 nitrogen and oxygen atoms in total. The van der Waals surface area contributed by atoms with Gasteiger partial charge in [0.15, 0.2) is 5.78 Å². The fourth-order valence-electron chi connectivity index (χ4n) is 1.18. The van der Waals surface area contributed by atoms with Gasteiger partial charge in [0.25, 0.3) is 0 Å². The maximum Gasteiger partial charge on any atom is 0.181 e. The van der Waals surface area contributed by atoms with Crippen molar-refractivity contribution < 1.29 is 9.90 Å². The van der Waals surface area contributed by atoms with E-state index in [-0.39, 0.29) is 12.4 Å². The standard InChI is InChI=1S/C11H15NO2S/c1-2-15-9-5-3-8(4-6-9)11(14)10(12)7-13/h3-6,10,13H,2,7,12H2,1H3. The molecule has 82 valence electrons. The summed E-state index contributed by atoms with van der Waals surface area (Å²) in [6.07, 6.45) is 0. The molecule has 15 heavy (non-hydrogen) atoms. The Labute approximate surface area is 93.7 Å². The second-order valence-electron chi connectivity index (χ2n) is 3.11. The van der Waals surface area contributed by atoms with Crippen molar-refractivity contribution in [2.45, 2.75) is 17.9 Å². The normalized spacial score (nSPS) is 12.5. The molecule has 0 saturated heterocycles. The summed E-state index contributed by atoms with van der Waals surface area (Å²) < 4.78 is 0. The molecule has 1 rings (SSSR count). The quantitative estimate of drug-likeness (QED) is 0.585. The van der Waals surface area contributed by atoms with Crippen molar-refractivity contribution in [1.29, 1.82) is 0 Å². The highest BCUT2D eigenvalue weighted by molar-refractivity contribution is 7.99. The summed E-state index contributed by atoms with van der Waals surface area (Å²) >= 11 is 1.72. The molecule has 1 aromatic carbocycles. The third-order valence-electron chi connectivity index (χ3n) is 1.98. The number of hydrogen-bond acceptors (Lipinski definition) is 4. The monoisotopic (exact) mass is 225 g/mol. The third-order valence-corrected chi connectivity index (χ3v) is 2.88. The highest BCUT2D eigenvalue weighted by Crippen LogP contribution is 2.18. The lowest BCUT2D eigenvalue weighted by atomic mass is 10.1. The van der Waals surface area contributed by atoms with Crippen LogP contribution in [0.5, 0.6) is 0 Å². The average molecular weight is 225 g/mol. The van der Waals surface area contributed by atoms with Crippen molar-refractivity contribution in [2.24, 2.45) is 5.73 Å². The Kier molecular flexibility index (Phi) is 4.81. The highest BCUT2D eigenvalue weighted by Gasteiger charge is 2.13. The van der Waals surface area contributed by atoms with Crippen LogP contribution in [-0.4, -0.2) is 29.3 Å². The zero-order valence-electron chi connectivity index (χ0n) is 8.64. The molecule has 3 N–H and O–H groups in total. The second-order valence-corrected chi connectivity index (χ2v) is 4.45. The van der Waals surface area contributed by atoms with Crippen molar-refractivity contribution in [3.63, 3.8) is 0 Å². The van der Waals surface area contributed by atoms with E-state index in [0.29, 0.717) is 5.56 Å². The number of aliphatic hydroxyl groups excluding tert-OH is 1. The van der Waals surface area contributed by atoms with Gasteiger partial charge >= 0.3 is 0 Å². The number of aliphatic hydroxyl groups is 1. The zero-order valence-corrected chi connectivity index (χ0v) is 9.46. The Balaban J connectivity index is 2.75. The van der Waals surface area contributed by atoms with Crippen molar-refractivity contribution in [1.82, 2.24) is 0 Å². The lowest BCUT2D eigenvalue weighted by molar-refractivity contribution is 0.0925. The number of benzene rings is 1. The van der Waals surface area contributed by atoms with E-state index < -0.39 is 6.04 Å². The van der Waals surface area contributed by atoms with Gasteiger partial charge in [-0.1, -0.05) is 19.1 Å². The van der Waals surface area contributed by atoms with E-state index in [4.69, 9.17) is 10.8 Å². The van der Waals surface area contributed by atoms with Crippen LogP contribution in [0.25, 0.3) is 0 Å². The van der Waals surface area contributed by atoms with Crippen LogP contribution < -0.4 is 5.73 Å². The molecule has 0 radical (unpaired) electrons. The van der Waals surface area contributed by atoms with E-state index >= 15 is 0 Å². The van der Waals surface area contributed by atoms with Crippen molar-refractivity contribution >= 4 is 17.5 Å². The molecule has 0 aromatic heterocycles. The van der Waals surface area contributed by atoms with Crippen LogP contribution in [0.4, 0.5) is 0 Å². The second kappa shape index (κ2) is 5.90. The van der Waals surface area contributed by atoms with Gasteiger partial charge in [-0.25, -0.2) is 0 Å². The molecule has 0 bridgehead atoms. The zero-order chi connectivity index (χ0) is 11.3. The maximum atomic E-state index is 11.6. The first-order valence-corrected chi connectivity index (χ1v) is 5.81. The van der Waals surface area contributed by atoms with E-state index in [1.807, 2.05) is 12.1 Å². The van der Waals surface area contributed by atoms with Crippen molar-refractivity contribution in [3.8, 4) is 0 Å². The van der Waals surface area contributed by atoms with E-state index in [9.17, 15) is 4.79 Å². The Morgan fingerprint density at radius 3 is 2.53 bits per heavy atom. The van der Waals surface area contributed by atoms with E-state index in [1.165, 1.54) is 0 Å². The average Bonchev–Trinajstić information content (AvgIpc) is 2.28. The molecule has 0 amide bonds. The summed E-state index contributed by atoms with van der Waals surface area (Å²) in [5.41, 5.74) is 5.99. The van der Waals surface area contributed by atoms with Crippen LogP contribution in [0, 0.1) is 0 Å². The number of Topliss-reactive ketones (excluding diaryl/α,β-unsaturated/α-hetero) is 1. The van der Waals surface area contributed by atoms with Gasteiger partial charge in [0.2, 0.25) is 0 Å². The minimum atomic E-state index is -0.810. The number of thioether (sulfide) groups is 1. The van der Waals surface area contributed by atoms with Gasteiger partial charge in [-0.3, -0.25) is 4.79 Å². The minimum Gasteiger partial charge on any atom is -0.394 e. The molecule has 0 saturated carbocycles. The molecule has 0 spiro atoms. The Bertz CT molecular complexity index is 324. The molecule has 1 atom stereocenters. The molecule has 0 aliphatic rings. The molecule has 1 aromatic rings. The summed E-state index contributed by atoms with van der Waals surface area (Å²) in [6, 6.07) is 6.47. The summed E-state index contributed by atoms with van der Waals surface area (Å²) in [6.45, 7) is 1.76. The molecule has 0 fully saturated rings. The SMILES string of the molecule is CCSc1ccc(C(=O)C(N)CO)cc1. The van der Waals surface area contributed by atoms with E-state index in [0.717, 1.165) is 10.6 Å². The van der Waals surface area contributed by atoms with Gasteiger partial charge in [0.05, 0.1) is 12.6 Å². The van der Waals surface area contributed by atoms with Crippen LogP contribution in [0.3, 0.4) is 0 Å². The molecule has 0 aliphatic heterocycles. The first-order valence-electron chi connectivity index (χ1n) is 4.82. The first kappa shape index (κ1) is 12.2. The molecular weight excluding hydrogens is 210 g/mol. The van der Waals surface area contributed by atoms with Crippen LogP contribution >= 0.6 is 11.8 Å². The predicted octanol–water partition coefficient (Wildman–Crippen LogP) is 1.30. The Morgan fingerprint density at radius 1 is 1.47 bits per heavy atom. The van der Waals surface area contributed by atoms with E-state index in [1.54, 1.807) is 23.9 Å². The lowest BCUT2D eigenvalue weighted by Gasteiger charge is -2.07. The summed E-state index contributed by atoms with van der Waals surface area (Å²) in [7, 11) is 0. The number of rotatable bonds is 5. The van der Waals surface area contributed by atoms with Crippen LogP contribution in [-0.2, 0) is 0 Å². The van der Waals surface area contributed by atoms with E-state index in [2.05, 4.69) is 6.92 Å². The van der Waals surface area contributed by atoms with Gasteiger partial charge in [0.1, 0.15) is 0 Å². The smallest absolute Gasteiger partial charge is 0.181 e. The Hall–Kier alpha value is -0.840. The van der Waals surface area contributed by atoms with Crippen LogP contribution in [0.15, 0.2) is 29.2 Å². The predicted molar refractivity (Wildman–Crippen MR) is 62.2 cm³/mol. The summed E-state index contributed by atoms with van der Waals surface area (Å²) in [5.74, 6) is 0.786. The highest BCUT2D eigenvalue weighted by atomic mass is 32.2. The van der Waals surface area contributed by atoms with Crippen LogP contribution in [0.2, 0.25) is 0 Å². The largest absolute Gasteiger partial charge is 0.394 e. The van der Waals surface area contributed by atoms with Gasteiger partial charge < -0.3 is 10.8 Å². The minimum absolute atomic E-state index is 0.217. The molecule has 1 unspecified atom stereocenters. The van der Waals surface area contributed by atoms with Gasteiger partial charge in [-0.05, 0) is 17.9 Å². The topological polar surface area (TPSA) is 63.3 Å². The van der Waals surface area contributed by atoms with Crippen LogP contribution in [0.1, 0.15) is 17.3 Å². The number of carbonyl (C=O) groups excluding carboxylic acids is 1.